The highest BCUT2D eigenvalue weighted by Gasteiger charge is 2.12. The van der Waals surface area contributed by atoms with Gasteiger partial charge >= 0.3 is 23.9 Å². The Balaban J connectivity index is 0.000000418. The number of carboxylic acid groups (broad SMARTS) is 1. The van der Waals surface area contributed by atoms with Crippen molar-refractivity contribution in [2.75, 3.05) is 21.3 Å². The number of halogens is 3. The summed E-state index contributed by atoms with van der Waals surface area (Å²) in [5.74, 6) is -2.19. The summed E-state index contributed by atoms with van der Waals surface area (Å²) in [7, 11) is 4.04. The van der Waals surface area contributed by atoms with Gasteiger partial charge in [0.2, 0.25) is 0 Å². The minimum atomic E-state index is -1.05. The standard InChI is InChI=1S/C11H8BrNO3.C11H8BrNO2.C11H9NO2.C10H6BrNO3.3CH4.H2/c1-16-11(15)6-4-8-7(9(12)5-6)2-3-13-10(8)14;1-15-11(14)7-4-8-6-13-3-2-9(8)10(12)5-7;1-14-11(13)9-3-2-8-4-5-12-7-10(8)6-9;11-8-4-5(10(14)15)3-7-6(8)1-2-12-9(7)13;;;;/h2-5H,1H3,(H,13,14);2-6H,1H3;2-7H,1H3;1-4H,(H,12,13)(H,14,15);3*1H4;1H/i;;;;;;;1+1. The summed E-state index contributed by atoms with van der Waals surface area (Å²) in [4.78, 5) is 80.8. The third-order valence-corrected chi connectivity index (χ3v) is 10.5. The molecule has 0 spiro atoms. The van der Waals surface area contributed by atoms with Gasteiger partial charge in [0.1, 0.15) is 0 Å². The summed E-state index contributed by atoms with van der Waals surface area (Å²) in [6.07, 6.45) is 9.96. The number of carbonyl (C=O) groups is 4. The highest BCUT2D eigenvalue weighted by atomic mass is 79.9. The Morgan fingerprint density at radius 1 is 0.508 bits per heavy atom. The minimum Gasteiger partial charge on any atom is -0.478 e. The molecule has 0 aliphatic carbocycles. The van der Waals surface area contributed by atoms with Gasteiger partial charge < -0.3 is 29.3 Å². The van der Waals surface area contributed by atoms with Gasteiger partial charge in [-0.05, 0) is 83.6 Å². The molecule has 4 aromatic carbocycles. The average molecular weight is 1050 g/mol. The number of hydrogen-bond donors (Lipinski definition) is 3. The highest BCUT2D eigenvalue weighted by Crippen LogP contribution is 2.26. The maximum Gasteiger partial charge on any atom is 0.337 e. The number of rotatable bonds is 4. The summed E-state index contributed by atoms with van der Waals surface area (Å²) < 4.78 is 16.0. The van der Waals surface area contributed by atoms with E-state index in [-0.39, 0.29) is 52.3 Å². The lowest BCUT2D eigenvalue weighted by atomic mass is 10.1. The zero-order chi connectivity index (χ0) is 43.5. The van der Waals surface area contributed by atoms with Crippen LogP contribution in [0.2, 0.25) is 0 Å². The quantitative estimate of drug-likeness (QED) is 0.111. The smallest absolute Gasteiger partial charge is 0.337 e. The second kappa shape index (κ2) is 24.2. The van der Waals surface area contributed by atoms with Crippen LogP contribution in [0.1, 0.15) is 65.1 Å². The van der Waals surface area contributed by atoms with Crippen LogP contribution in [0.5, 0.6) is 0 Å². The minimum absolute atomic E-state index is 0. The molecule has 0 aliphatic rings. The molecule has 8 rings (SSSR count). The highest BCUT2D eigenvalue weighted by molar-refractivity contribution is 9.11. The maximum absolute atomic E-state index is 11.6. The molecule has 0 amide bonds. The Labute approximate surface area is 388 Å². The van der Waals surface area contributed by atoms with Gasteiger partial charge in [0.15, 0.2) is 0 Å². The molecule has 0 saturated heterocycles. The first-order valence-corrected chi connectivity index (χ1v) is 19.6. The van der Waals surface area contributed by atoms with E-state index in [4.69, 9.17) is 5.11 Å². The maximum atomic E-state index is 11.6. The molecule has 0 bridgehead atoms. The van der Waals surface area contributed by atoms with E-state index < -0.39 is 11.9 Å². The molecule has 0 unspecified atom stereocenters. The van der Waals surface area contributed by atoms with E-state index in [9.17, 15) is 28.8 Å². The summed E-state index contributed by atoms with van der Waals surface area (Å²) >= 11 is 9.96. The molecule has 4 heterocycles. The predicted molar refractivity (Wildman–Crippen MR) is 259 cm³/mol. The van der Waals surface area contributed by atoms with E-state index in [0.717, 1.165) is 31.4 Å². The Morgan fingerprint density at radius 3 is 1.46 bits per heavy atom. The van der Waals surface area contributed by atoms with Gasteiger partial charge in [0.25, 0.3) is 11.1 Å². The van der Waals surface area contributed by atoms with Gasteiger partial charge in [0, 0.05) is 84.3 Å². The molecule has 0 saturated carbocycles. The number of methoxy groups -OCH3 is 3. The average Bonchev–Trinajstić information content (AvgIpc) is 3.26. The van der Waals surface area contributed by atoms with E-state index >= 15 is 0 Å². The van der Waals surface area contributed by atoms with Crippen molar-refractivity contribution < 1.29 is 39.9 Å². The molecule has 0 fully saturated rings. The van der Waals surface area contributed by atoms with Crippen LogP contribution in [-0.2, 0) is 14.2 Å². The lowest BCUT2D eigenvalue weighted by Crippen LogP contribution is -2.07. The summed E-state index contributed by atoms with van der Waals surface area (Å²) in [6, 6.07) is 22.2. The molecule has 4 aromatic heterocycles. The molecule has 14 nitrogen and oxygen atoms in total. The van der Waals surface area contributed by atoms with E-state index in [0.29, 0.717) is 41.8 Å². The number of nitrogens with zero attached hydrogens (tertiary/aromatic N) is 2. The number of ether oxygens (including phenoxy) is 3. The van der Waals surface area contributed by atoms with Gasteiger partial charge in [-0.1, -0.05) is 76.1 Å². The van der Waals surface area contributed by atoms with Gasteiger partial charge in [-0.15, -0.1) is 0 Å². The van der Waals surface area contributed by atoms with Gasteiger partial charge in [-0.25, -0.2) is 19.2 Å². The molecule has 0 atom stereocenters. The molecule has 3 N–H and O–H groups in total. The Morgan fingerprint density at radius 2 is 0.937 bits per heavy atom. The second-order valence-electron chi connectivity index (χ2n) is 12.2. The van der Waals surface area contributed by atoms with Crippen molar-refractivity contribution in [1.29, 1.82) is 0 Å². The third-order valence-electron chi connectivity index (χ3n) is 8.53. The number of esters is 3. The number of nitrogens with one attached hydrogen (secondary N) is 2. The van der Waals surface area contributed by atoms with Crippen molar-refractivity contribution >= 4 is 115 Å². The van der Waals surface area contributed by atoms with E-state index in [1.165, 1.54) is 45.7 Å². The van der Waals surface area contributed by atoms with Crippen molar-refractivity contribution in [2.24, 2.45) is 0 Å². The molecule has 0 radical (unpaired) electrons. The lowest BCUT2D eigenvalue weighted by molar-refractivity contribution is 0.0592. The normalized spacial score (nSPS) is 9.81. The van der Waals surface area contributed by atoms with Crippen molar-refractivity contribution in [1.82, 2.24) is 19.9 Å². The monoisotopic (exact) mass is 1050 g/mol. The molecular formula is C46H45Br3N4O10. The zero-order valence-corrected chi connectivity index (χ0v) is 36.4. The van der Waals surface area contributed by atoms with Crippen molar-refractivity contribution in [2.45, 2.75) is 22.3 Å². The van der Waals surface area contributed by atoms with Gasteiger partial charge in [-0.3, -0.25) is 19.6 Å². The number of H-pyrrole nitrogens is 2. The van der Waals surface area contributed by atoms with Crippen LogP contribution in [0, 0.1) is 0 Å². The molecule has 63 heavy (non-hydrogen) atoms. The second-order valence-corrected chi connectivity index (χ2v) is 14.8. The van der Waals surface area contributed by atoms with E-state index in [1.54, 1.807) is 73.4 Å². The fourth-order valence-corrected chi connectivity index (χ4v) is 7.39. The van der Waals surface area contributed by atoms with Crippen LogP contribution in [0.4, 0.5) is 0 Å². The van der Waals surface area contributed by atoms with E-state index in [2.05, 4.69) is 81.9 Å². The number of benzene rings is 4. The Kier molecular flexibility index (Phi) is 20.2. The number of aromatic amines is 2. The number of fused-ring (bicyclic) bond motifs is 4. The Bertz CT molecular complexity index is 3050. The fourth-order valence-electron chi connectivity index (χ4n) is 5.59. The SMILES string of the molecule is C.C.C.COC(=O)c1cc(Br)c2cc[nH]c(=O)c2c1.COC(=O)c1cc(Br)c2ccncc2c1.COC(=O)c1ccc2ccncc2c1.O=C(O)c1cc(Br)c2cc[nH]c(=O)c2c1.[2HH]. The molecule has 8 aromatic rings. The van der Waals surface area contributed by atoms with Crippen LogP contribution in [0.15, 0.2) is 139 Å². The number of aromatic nitrogens is 4. The molecule has 17 heteroatoms. The van der Waals surface area contributed by atoms with Crippen LogP contribution in [-0.4, -0.2) is 70.2 Å². The van der Waals surface area contributed by atoms with Crippen molar-refractivity contribution in [3.8, 4) is 0 Å². The number of pyridine rings is 4. The lowest BCUT2D eigenvalue weighted by Gasteiger charge is -2.03. The summed E-state index contributed by atoms with van der Waals surface area (Å²) in [6.45, 7) is 0. The molecule has 330 valence electrons. The van der Waals surface area contributed by atoms with Crippen molar-refractivity contribution in [3.63, 3.8) is 0 Å². The number of carbonyl (C=O) groups excluding carboxylic acids is 3. The molecule has 0 aliphatic heterocycles. The first-order chi connectivity index (χ1) is 28.8. The largest absolute Gasteiger partial charge is 0.478 e. The van der Waals surface area contributed by atoms with Crippen LogP contribution < -0.4 is 11.1 Å². The topological polar surface area (TPSA) is 208 Å². The first kappa shape index (κ1) is 52.6. The third kappa shape index (κ3) is 13.0. The zero-order valence-electron chi connectivity index (χ0n) is 31.6. The van der Waals surface area contributed by atoms with Crippen molar-refractivity contribution in [3.05, 3.63) is 172 Å². The van der Waals surface area contributed by atoms with Crippen LogP contribution in [0.25, 0.3) is 43.1 Å². The first-order valence-electron chi connectivity index (χ1n) is 17.2. The van der Waals surface area contributed by atoms with Crippen LogP contribution in [0.3, 0.4) is 0 Å². The number of aromatic carboxylic acids is 1. The number of hydrogen-bond acceptors (Lipinski definition) is 11. The fraction of sp³-hybridized carbons (Fsp3) is 0.130. The molecular weight excluding hydrogens is 1010 g/mol. The summed E-state index contributed by atoms with van der Waals surface area (Å²) in [5, 5.41) is 15.0. The number of carboxylic acids is 1. The van der Waals surface area contributed by atoms with E-state index in [1.807, 2.05) is 18.2 Å². The van der Waals surface area contributed by atoms with Crippen LogP contribution >= 0.6 is 47.8 Å². The Hall–Kier alpha value is -6.56. The predicted octanol–water partition coefficient (Wildman–Crippen LogP) is 11.0. The van der Waals surface area contributed by atoms with Gasteiger partial charge in [-0.2, -0.15) is 0 Å². The van der Waals surface area contributed by atoms with Gasteiger partial charge in [0.05, 0.1) is 43.6 Å². The summed E-state index contributed by atoms with van der Waals surface area (Å²) in [5.41, 5.74) is 0.975.